The standard InChI is InChI=1S/C23H26N4O2/c1-5-29-21(28)18-8-6-7-9-19(18)26-20-14-15-24-22(27-20)25-17-12-10-16(11-13-17)23(2,3)4/h6-15H,5H2,1-4H3,(H2,24,25,26,27). The first-order valence-electron chi connectivity index (χ1n) is 9.60. The molecule has 29 heavy (non-hydrogen) atoms. The molecular formula is C23H26N4O2. The fourth-order valence-corrected chi connectivity index (χ4v) is 2.79. The van der Waals surface area contributed by atoms with Crippen molar-refractivity contribution in [2.24, 2.45) is 0 Å². The number of anilines is 4. The summed E-state index contributed by atoms with van der Waals surface area (Å²) in [6.07, 6.45) is 1.66. The van der Waals surface area contributed by atoms with Crippen LogP contribution in [0.5, 0.6) is 0 Å². The zero-order valence-corrected chi connectivity index (χ0v) is 17.2. The van der Waals surface area contributed by atoms with E-state index in [1.165, 1.54) is 5.56 Å². The lowest BCUT2D eigenvalue weighted by Gasteiger charge is -2.19. The van der Waals surface area contributed by atoms with E-state index in [1.54, 1.807) is 31.3 Å². The molecule has 0 spiro atoms. The summed E-state index contributed by atoms with van der Waals surface area (Å²) in [5.41, 5.74) is 3.35. The zero-order valence-electron chi connectivity index (χ0n) is 17.2. The van der Waals surface area contributed by atoms with Gasteiger partial charge in [-0.1, -0.05) is 45.0 Å². The lowest BCUT2D eigenvalue weighted by Crippen LogP contribution is -2.10. The first-order valence-corrected chi connectivity index (χ1v) is 9.60. The molecular weight excluding hydrogens is 364 g/mol. The number of rotatable bonds is 6. The molecule has 0 aliphatic rings. The van der Waals surface area contributed by atoms with E-state index in [1.807, 2.05) is 24.3 Å². The third kappa shape index (κ3) is 5.31. The zero-order chi connectivity index (χ0) is 20.9. The largest absolute Gasteiger partial charge is 0.462 e. The number of nitrogens with one attached hydrogen (secondary N) is 2. The van der Waals surface area contributed by atoms with Crippen LogP contribution in [0, 0.1) is 0 Å². The highest BCUT2D eigenvalue weighted by molar-refractivity contribution is 5.96. The quantitative estimate of drug-likeness (QED) is 0.546. The molecule has 1 heterocycles. The van der Waals surface area contributed by atoms with Gasteiger partial charge in [-0.25, -0.2) is 9.78 Å². The van der Waals surface area contributed by atoms with Crippen molar-refractivity contribution < 1.29 is 9.53 Å². The van der Waals surface area contributed by atoms with E-state index < -0.39 is 0 Å². The normalized spacial score (nSPS) is 11.0. The minimum atomic E-state index is -0.373. The third-order valence-corrected chi connectivity index (χ3v) is 4.35. The van der Waals surface area contributed by atoms with Crippen molar-refractivity contribution in [3.63, 3.8) is 0 Å². The van der Waals surface area contributed by atoms with Gasteiger partial charge < -0.3 is 15.4 Å². The molecule has 0 saturated heterocycles. The van der Waals surface area contributed by atoms with Crippen LogP contribution in [0.4, 0.5) is 23.1 Å². The highest BCUT2D eigenvalue weighted by atomic mass is 16.5. The van der Waals surface area contributed by atoms with Gasteiger partial charge in [-0.05, 0) is 48.2 Å². The van der Waals surface area contributed by atoms with Gasteiger partial charge in [-0.3, -0.25) is 0 Å². The van der Waals surface area contributed by atoms with Crippen LogP contribution >= 0.6 is 0 Å². The summed E-state index contributed by atoms with van der Waals surface area (Å²) < 4.78 is 5.12. The first-order chi connectivity index (χ1) is 13.9. The van der Waals surface area contributed by atoms with Gasteiger partial charge in [-0.2, -0.15) is 4.98 Å². The van der Waals surface area contributed by atoms with Crippen molar-refractivity contribution in [1.82, 2.24) is 9.97 Å². The molecule has 0 amide bonds. The highest BCUT2D eigenvalue weighted by Crippen LogP contribution is 2.25. The first kappa shape index (κ1) is 20.3. The van der Waals surface area contributed by atoms with Gasteiger partial charge in [0.05, 0.1) is 17.9 Å². The van der Waals surface area contributed by atoms with Gasteiger partial charge in [0.2, 0.25) is 5.95 Å². The molecule has 3 rings (SSSR count). The summed E-state index contributed by atoms with van der Waals surface area (Å²) in [6.45, 7) is 8.65. The summed E-state index contributed by atoms with van der Waals surface area (Å²) in [4.78, 5) is 20.9. The maximum atomic E-state index is 12.2. The molecule has 2 aromatic carbocycles. The van der Waals surface area contributed by atoms with Crippen LogP contribution in [-0.4, -0.2) is 22.5 Å². The predicted molar refractivity (Wildman–Crippen MR) is 116 cm³/mol. The molecule has 150 valence electrons. The monoisotopic (exact) mass is 390 g/mol. The number of hydrogen-bond acceptors (Lipinski definition) is 6. The summed E-state index contributed by atoms with van der Waals surface area (Å²) in [6, 6.07) is 17.1. The smallest absolute Gasteiger partial charge is 0.340 e. The van der Waals surface area contributed by atoms with Crippen LogP contribution in [0.25, 0.3) is 0 Å². The Kier molecular flexibility index (Phi) is 6.12. The van der Waals surface area contributed by atoms with Crippen LogP contribution in [-0.2, 0) is 10.2 Å². The molecule has 6 nitrogen and oxygen atoms in total. The van der Waals surface area contributed by atoms with Crippen LogP contribution in [0.3, 0.4) is 0 Å². The molecule has 2 N–H and O–H groups in total. The Morgan fingerprint density at radius 2 is 1.72 bits per heavy atom. The van der Waals surface area contributed by atoms with Gasteiger partial charge in [0.15, 0.2) is 0 Å². The van der Waals surface area contributed by atoms with E-state index >= 15 is 0 Å². The fraction of sp³-hybridized carbons (Fsp3) is 0.261. The lowest BCUT2D eigenvalue weighted by atomic mass is 9.87. The molecule has 0 radical (unpaired) electrons. The van der Waals surface area contributed by atoms with E-state index in [0.717, 1.165) is 5.69 Å². The molecule has 0 aliphatic carbocycles. The molecule has 6 heteroatoms. The number of benzene rings is 2. The second kappa shape index (κ2) is 8.73. The topological polar surface area (TPSA) is 76.1 Å². The van der Waals surface area contributed by atoms with E-state index in [4.69, 9.17) is 4.74 Å². The van der Waals surface area contributed by atoms with E-state index in [2.05, 4.69) is 53.5 Å². The predicted octanol–water partition coefficient (Wildman–Crippen LogP) is 5.44. The molecule has 0 aliphatic heterocycles. The molecule has 1 aromatic heterocycles. The molecule has 0 bridgehead atoms. The number of aromatic nitrogens is 2. The number of carbonyl (C=O) groups is 1. The van der Waals surface area contributed by atoms with Crippen molar-refractivity contribution in [3.05, 3.63) is 71.9 Å². The van der Waals surface area contributed by atoms with Gasteiger partial charge in [0.1, 0.15) is 5.82 Å². The van der Waals surface area contributed by atoms with Crippen molar-refractivity contribution in [3.8, 4) is 0 Å². The number of nitrogens with zero attached hydrogens (tertiary/aromatic N) is 2. The second-order valence-corrected chi connectivity index (χ2v) is 7.61. The Balaban J connectivity index is 1.76. The molecule has 0 atom stereocenters. The van der Waals surface area contributed by atoms with E-state index in [-0.39, 0.29) is 11.4 Å². The van der Waals surface area contributed by atoms with Gasteiger partial charge in [0, 0.05) is 11.9 Å². The molecule has 3 aromatic rings. The lowest BCUT2D eigenvalue weighted by molar-refractivity contribution is 0.0527. The second-order valence-electron chi connectivity index (χ2n) is 7.61. The average molecular weight is 390 g/mol. The maximum absolute atomic E-state index is 12.2. The Labute approximate surface area is 171 Å². The summed E-state index contributed by atoms with van der Waals surface area (Å²) in [5.74, 6) is 0.666. The number of ether oxygens (including phenoxy) is 1. The third-order valence-electron chi connectivity index (χ3n) is 4.35. The fourth-order valence-electron chi connectivity index (χ4n) is 2.79. The number of hydrogen-bond donors (Lipinski definition) is 2. The van der Waals surface area contributed by atoms with Crippen molar-refractivity contribution in [2.45, 2.75) is 33.1 Å². The van der Waals surface area contributed by atoms with Crippen molar-refractivity contribution in [1.29, 1.82) is 0 Å². The van der Waals surface area contributed by atoms with Crippen LogP contribution in [0.1, 0.15) is 43.6 Å². The Morgan fingerprint density at radius 1 is 1.00 bits per heavy atom. The summed E-state index contributed by atoms with van der Waals surface area (Å²) in [7, 11) is 0. The van der Waals surface area contributed by atoms with Crippen molar-refractivity contribution >= 4 is 29.1 Å². The van der Waals surface area contributed by atoms with Crippen molar-refractivity contribution in [2.75, 3.05) is 17.2 Å². The Morgan fingerprint density at radius 3 is 2.41 bits per heavy atom. The average Bonchev–Trinajstić information content (AvgIpc) is 2.68. The van der Waals surface area contributed by atoms with E-state index in [0.29, 0.717) is 29.6 Å². The summed E-state index contributed by atoms with van der Waals surface area (Å²) in [5, 5.41) is 6.39. The van der Waals surface area contributed by atoms with Crippen LogP contribution in [0.2, 0.25) is 0 Å². The highest BCUT2D eigenvalue weighted by Gasteiger charge is 2.14. The van der Waals surface area contributed by atoms with E-state index in [9.17, 15) is 4.79 Å². The SMILES string of the molecule is CCOC(=O)c1ccccc1Nc1ccnc(Nc2ccc(C(C)(C)C)cc2)n1. The number of para-hydroxylation sites is 1. The maximum Gasteiger partial charge on any atom is 0.340 e. The van der Waals surface area contributed by atoms with Crippen LogP contribution in [0.15, 0.2) is 60.8 Å². The molecule has 0 fully saturated rings. The minimum absolute atomic E-state index is 0.102. The van der Waals surface area contributed by atoms with Gasteiger partial charge >= 0.3 is 5.97 Å². The number of carbonyl (C=O) groups excluding carboxylic acids is 1. The molecule has 0 saturated carbocycles. The Bertz CT molecular complexity index is 979. The van der Waals surface area contributed by atoms with Crippen LogP contribution < -0.4 is 10.6 Å². The van der Waals surface area contributed by atoms with Gasteiger partial charge in [-0.15, -0.1) is 0 Å². The summed E-state index contributed by atoms with van der Waals surface area (Å²) >= 11 is 0. The molecule has 0 unspecified atom stereocenters. The Hall–Kier alpha value is -3.41. The van der Waals surface area contributed by atoms with Gasteiger partial charge in [0.25, 0.3) is 0 Å². The number of esters is 1. The minimum Gasteiger partial charge on any atom is -0.462 e.